The quantitative estimate of drug-likeness (QED) is 0.805. The molecule has 0 unspecified atom stereocenters. The first-order valence-corrected chi connectivity index (χ1v) is 9.35. The first-order valence-electron chi connectivity index (χ1n) is 8.53. The summed E-state index contributed by atoms with van der Waals surface area (Å²) in [5.41, 5.74) is -1.48. The van der Waals surface area contributed by atoms with Crippen molar-refractivity contribution in [1.29, 1.82) is 0 Å². The van der Waals surface area contributed by atoms with Crippen molar-refractivity contribution in [3.8, 4) is 5.75 Å². The predicted octanol–water partition coefficient (Wildman–Crippen LogP) is 4.66. The van der Waals surface area contributed by atoms with E-state index in [1.807, 2.05) is 19.1 Å². The molecule has 0 aromatic heterocycles. The average molecular weight is 407 g/mol. The summed E-state index contributed by atoms with van der Waals surface area (Å²) in [4.78, 5) is 18.6. The van der Waals surface area contributed by atoms with Crippen LogP contribution in [0.2, 0.25) is 0 Å². The molecule has 0 bridgehead atoms. The van der Waals surface area contributed by atoms with Gasteiger partial charge in [0.05, 0.1) is 12.8 Å². The number of rotatable bonds is 3. The van der Waals surface area contributed by atoms with Crippen LogP contribution >= 0.6 is 11.8 Å². The number of ether oxygens (including phenoxy) is 1. The summed E-state index contributed by atoms with van der Waals surface area (Å²) >= 11 is 1.06. The molecule has 5 nitrogen and oxygen atoms in total. The molecular formula is C19H16F3N3O2S. The number of alkyl halides is 3. The van der Waals surface area contributed by atoms with Crippen LogP contribution in [0.1, 0.15) is 18.1 Å². The van der Waals surface area contributed by atoms with Gasteiger partial charge in [-0.3, -0.25) is 0 Å². The fourth-order valence-corrected chi connectivity index (χ4v) is 4.34. The van der Waals surface area contributed by atoms with Gasteiger partial charge in [-0.2, -0.15) is 13.2 Å². The molecule has 4 rings (SSSR count). The van der Waals surface area contributed by atoms with E-state index in [9.17, 15) is 18.0 Å². The number of carbonyl (C=O) groups excluding carboxylic acids is 1. The molecule has 1 N–H and O–H groups in total. The number of aryl methyl sites for hydroxylation is 1. The Morgan fingerprint density at radius 2 is 1.93 bits per heavy atom. The molecule has 0 radical (unpaired) electrons. The van der Waals surface area contributed by atoms with Crippen molar-refractivity contribution in [3.63, 3.8) is 0 Å². The third-order valence-electron chi connectivity index (χ3n) is 4.74. The number of carbonyl (C=O) groups is 1. The van der Waals surface area contributed by atoms with E-state index in [2.05, 4.69) is 10.3 Å². The van der Waals surface area contributed by atoms with Crippen LogP contribution in [0, 0.1) is 0 Å². The third-order valence-corrected chi connectivity index (χ3v) is 5.74. The number of aliphatic imine (C=N–C) groups is 1. The molecule has 28 heavy (non-hydrogen) atoms. The highest BCUT2D eigenvalue weighted by Gasteiger charge is 2.61. The number of anilines is 1. The van der Waals surface area contributed by atoms with Gasteiger partial charge in [-0.15, -0.1) is 0 Å². The Morgan fingerprint density at radius 1 is 1.21 bits per heavy atom. The highest BCUT2D eigenvalue weighted by atomic mass is 32.2. The number of thioether (sulfide) groups is 1. The Hall–Kier alpha value is -2.68. The standard InChI is InChI=1S/C19H16F3N3O2S/c1-3-11-4-9-14-15(10-11)28-17-24-18(19(20,21)22,23-16(26)25(14)17)12-5-7-13(27-2)8-6-12/h4-10H,3H2,1-2H3,(H,23,26)/t18-/m1/s1. The van der Waals surface area contributed by atoms with Gasteiger partial charge >= 0.3 is 12.2 Å². The molecule has 0 saturated heterocycles. The van der Waals surface area contributed by atoms with Crippen molar-refractivity contribution >= 4 is 28.6 Å². The van der Waals surface area contributed by atoms with Crippen LogP contribution in [0.25, 0.3) is 0 Å². The minimum Gasteiger partial charge on any atom is -0.497 e. The number of nitrogens with zero attached hydrogens (tertiary/aromatic N) is 2. The van der Waals surface area contributed by atoms with Gasteiger partial charge in [0.15, 0.2) is 5.17 Å². The summed E-state index contributed by atoms with van der Waals surface area (Å²) in [5.74, 6) is 0.409. The number of methoxy groups -OCH3 is 1. The molecule has 2 aliphatic heterocycles. The van der Waals surface area contributed by atoms with Crippen LogP contribution in [0.4, 0.5) is 23.7 Å². The summed E-state index contributed by atoms with van der Waals surface area (Å²) in [6.07, 6.45) is -4.05. The molecule has 146 valence electrons. The molecular weight excluding hydrogens is 391 g/mol. The van der Waals surface area contributed by atoms with E-state index in [1.54, 1.807) is 6.07 Å². The summed E-state index contributed by atoms with van der Waals surface area (Å²) in [6, 6.07) is 9.92. The average Bonchev–Trinajstić information content (AvgIpc) is 3.04. The molecule has 2 aliphatic rings. The van der Waals surface area contributed by atoms with Gasteiger partial charge in [-0.1, -0.05) is 25.1 Å². The summed E-state index contributed by atoms with van der Waals surface area (Å²) < 4.78 is 47.5. The maximum Gasteiger partial charge on any atom is 0.436 e. The van der Waals surface area contributed by atoms with Gasteiger partial charge in [0.1, 0.15) is 5.75 Å². The number of fused-ring (bicyclic) bond motifs is 3. The van der Waals surface area contributed by atoms with E-state index in [-0.39, 0.29) is 10.7 Å². The number of amidine groups is 1. The van der Waals surface area contributed by atoms with Gasteiger partial charge in [-0.25, -0.2) is 14.7 Å². The Labute approximate surface area is 163 Å². The van der Waals surface area contributed by atoms with Gasteiger partial charge < -0.3 is 10.1 Å². The second-order valence-electron chi connectivity index (χ2n) is 6.35. The second-order valence-corrected chi connectivity index (χ2v) is 7.36. The molecule has 2 heterocycles. The van der Waals surface area contributed by atoms with Crippen LogP contribution in [0.5, 0.6) is 5.75 Å². The molecule has 2 aromatic rings. The van der Waals surface area contributed by atoms with E-state index >= 15 is 0 Å². The molecule has 1 atom stereocenters. The lowest BCUT2D eigenvalue weighted by atomic mass is 9.98. The first kappa shape index (κ1) is 18.7. The first-order chi connectivity index (χ1) is 13.3. The summed E-state index contributed by atoms with van der Waals surface area (Å²) in [6.45, 7) is 1.98. The molecule has 2 amide bonds. The minimum atomic E-state index is -4.83. The summed E-state index contributed by atoms with van der Waals surface area (Å²) in [5, 5.41) is 2.09. The Balaban J connectivity index is 1.85. The largest absolute Gasteiger partial charge is 0.497 e. The van der Waals surface area contributed by atoms with Crippen molar-refractivity contribution in [1.82, 2.24) is 5.32 Å². The number of nitrogens with one attached hydrogen (secondary N) is 1. The van der Waals surface area contributed by atoms with E-state index < -0.39 is 17.9 Å². The zero-order chi connectivity index (χ0) is 20.1. The Kier molecular flexibility index (Phi) is 4.29. The van der Waals surface area contributed by atoms with E-state index in [1.165, 1.54) is 36.3 Å². The molecule has 2 aromatic carbocycles. The minimum absolute atomic E-state index is 0.000135. The van der Waals surface area contributed by atoms with Gasteiger partial charge in [0.25, 0.3) is 5.66 Å². The monoisotopic (exact) mass is 407 g/mol. The smallest absolute Gasteiger partial charge is 0.436 e. The number of halogens is 3. The van der Waals surface area contributed by atoms with Crippen molar-refractivity contribution in [2.45, 2.75) is 30.1 Å². The fourth-order valence-electron chi connectivity index (χ4n) is 3.21. The third kappa shape index (κ3) is 2.72. The number of hydrogen-bond donors (Lipinski definition) is 1. The normalized spacial score (nSPS) is 21.0. The molecule has 0 aliphatic carbocycles. The lowest BCUT2D eigenvalue weighted by Gasteiger charge is -2.38. The van der Waals surface area contributed by atoms with Gasteiger partial charge in [0.2, 0.25) is 0 Å². The van der Waals surface area contributed by atoms with E-state index in [4.69, 9.17) is 4.74 Å². The highest BCUT2D eigenvalue weighted by molar-refractivity contribution is 8.15. The SMILES string of the molecule is CCc1ccc2c(c1)SC1=N[C@](c3ccc(OC)cc3)(C(F)(F)F)NC(=O)N12. The van der Waals surface area contributed by atoms with Crippen molar-refractivity contribution < 1.29 is 22.7 Å². The fraction of sp³-hybridized carbons (Fsp3) is 0.263. The zero-order valence-corrected chi connectivity index (χ0v) is 15.8. The maximum absolute atomic E-state index is 14.2. The predicted molar refractivity (Wildman–Crippen MR) is 101 cm³/mol. The number of benzene rings is 2. The highest BCUT2D eigenvalue weighted by Crippen LogP contribution is 2.48. The van der Waals surface area contributed by atoms with Crippen LogP contribution in [0.15, 0.2) is 52.4 Å². The molecule has 9 heteroatoms. The van der Waals surface area contributed by atoms with E-state index in [0.717, 1.165) is 23.7 Å². The molecule has 0 saturated carbocycles. The van der Waals surface area contributed by atoms with Gasteiger partial charge in [0, 0.05) is 10.5 Å². The van der Waals surface area contributed by atoms with Gasteiger partial charge in [-0.05, 0) is 48.0 Å². The van der Waals surface area contributed by atoms with Crippen LogP contribution in [0.3, 0.4) is 0 Å². The van der Waals surface area contributed by atoms with Crippen LogP contribution < -0.4 is 15.0 Å². The van der Waals surface area contributed by atoms with Crippen molar-refractivity contribution in [2.24, 2.45) is 4.99 Å². The maximum atomic E-state index is 14.2. The number of hydrogen-bond acceptors (Lipinski definition) is 4. The molecule has 0 fully saturated rings. The lowest BCUT2D eigenvalue weighted by molar-refractivity contribution is -0.195. The van der Waals surface area contributed by atoms with E-state index in [0.29, 0.717) is 16.3 Å². The van der Waals surface area contributed by atoms with Crippen molar-refractivity contribution in [2.75, 3.05) is 12.0 Å². The number of amides is 2. The lowest BCUT2D eigenvalue weighted by Crippen LogP contribution is -2.62. The van der Waals surface area contributed by atoms with Crippen LogP contribution in [-0.4, -0.2) is 24.5 Å². The van der Waals surface area contributed by atoms with Crippen LogP contribution in [-0.2, 0) is 12.1 Å². The Morgan fingerprint density at radius 3 is 2.54 bits per heavy atom. The zero-order valence-electron chi connectivity index (χ0n) is 15.0. The summed E-state index contributed by atoms with van der Waals surface area (Å²) in [7, 11) is 1.42. The number of urea groups is 1. The topological polar surface area (TPSA) is 53.9 Å². The Bertz CT molecular complexity index is 975. The van der Waals surface area contributed by atoms with Crippen molar-refractivity contribution in [3.05, 3.63) is 53.6 Å². The second kappa shape index (κ2) is 6.44. The molecule has 0 spiro atoms.